The first-order chi connectivity index (χ1) is 17.4. The third kappa shape index (κ3) is 6.60. The maximum Gasteiger partial charge on any atom is 0.253 e. The molecule has 3 aromatic rings. The van der Waals surface area contributed by atoms with Crippen molar-refractivity contribution in [3.63, 3.8) is 0 Å². The molecular formula is C28H31N3O5. The average molecular weight is 490 g/mol. The predicted molar refractivity (Wildman–Crippen MR) is 136 cm³/mol. The summed E-state index contributed by atoms with van der Waals surface area (Å²) in [7, 11) is 0. The van der Waals surface area contributed by atoms with Gasteiger partial charge in [0.2, 0.25) is 5.91 Å². The summed E-state index contributed by atoms with van der Waals surface area (Å²) < 4.78 is 5.30. The number of aromatic hydroxyl groups is 1. The van der Waals surface area contributed by atoms with Gasteiger partial charge in [-0.3, -0.25) is 14.4 Å². The van der Waals surface area contributed by atoms with E-state index in [9.17, 15) is 19.5 Å². The average Bonchev–Trinajstić information content (AvgIpc) is 3.69. The summed E-state index contributed by atoms with van der Waals surface area (Å²) in [5.74, 6) is -0.907. The Kier molecular flexibility index (Phi) is 8.17. The Morgan fingerprint density at radius 1 is 0.889 bits per heavy atom. The number of phenols is 1. The molecule has 3 amide bonds. The molecule has 188 valence electrons. The minimum Gasteiger partial charge on any atom is -0.508 e. The number of nitrogens with one attached hydrogen (secondary N) is 3. The van der Waals surface area contributed by atoms with E-state index in [-0.39, 0.29) is 17.6 Å². The van der Waals surface area contributed by atoms with Crippen molar-refractivity contribution in [3.8, 4) is 5.75 Å². The van der Waals surface area contributed by atoms with E-state index < -0.39 is 24.2 Å². The van der Waals surface area contributed by atoms with Crippen LogP contribution in [0.3, 0.4) is 0 Å². The van der Waals surface area contributed by atoms with Gasteiger partial charge in [0, 0.05) is 13.1 Å². The first-order valence-corrected chi connectivity index (χ1v) is 12.2. The number of carbonyl (C=O) groups excluding carboxylic acids is 3. The zero-order chi connectivity index (χ0) is 25.5. The van der Waals surface area contributed by atoms with E-state index in [4.69, 9.17) is 4.74 Å². The Morgan fingerprint density at radius 3 is 2.33 bits per heavy atom. The maximum absolute atomic E-state index is 12.8. The van der Waals surface area contributed by atoms with Crippen molar-refractivity contribution in [2.24, 2.45) is 0 Å². The van der Waals surface area contributed by atoms with Crippen LogP contribution in [0.15, 0.2) is 66.7 Å². The Labute approximate surface area is 210 Å². The summed E-state index contributed by atoms with van der Waals surface area (Å²) in [6, 6.07) is 20.1. The third-order valence-corrected chi connectivity index (χ3v) is 6.15. The second-order valence-corrected chi connectivity index (χ2v) is 8.93. The van der Waals surface area contributed by atoms with Crippen LogP contribution < -0.4 is 16.0 Å². The van der Waals surface area contributed by atoms with E-state index in [1.165, 1.54) is 0 Å². The number of phenolic OH excluding ortho intramolecular Hbond substituents is 1. The van der Waals surface area contributed by atoms with Crippen LogP contribution in [0, 0.1) is 0 Å². The molecule has 4 N–H and O–H groups in total. The number of hydrogen-bond donors (Lipinski definition) is 4. The Bertz CT molecular complexity index is 1230. The van der Waals surface area contributed by atoms with E-state index in [1.54, 1.807) is 24.3 Å². The highest BCUT2D eigenvalue weighted by Crippen LogP contribution is 2.23. The minimum absolute atomic E-state index is 0.187. The van der Waals surface area contributed by atoms with Crippen molar-refractivity contribution in [3.05, 3.63) is 77.9 Å². The monoisotopic (exact) mass is 489 g/mol. The number of rotatable bonds is 11. The van der Waals surface area contributed by atoms with Gasteiger partial charge in [-0.2, -0.15) is 0 Å². The molecule has 2 unspecified atom stereocenters. The molecular weight excluding hydrogens is 458 g/mol. The van der Waals surface area contributed by atoms with Crippen LogP contribution in [0.4, 0.5) is 0 Å². The highest BCUT2D eigenvalue weighted by Gasteiger charge is 2.50. The van der Waals surface area contributed by atoms with Gasteiger partial charge in [-0.05, 0) is 52.9 Å². The van der Waals surface area contributed by atoms with Gasteiger partial charge in [-0.25, -0.2) is 0 Å². The highest BCUT2D eigenvalue weighted by molar-refractivity contribution is 5.97. The molecule has 1 heterocycles. The summed E-state index contributed by atoms with van der Waals surface area (Å²) in [5, 5.41) is 20.0. The van der Waals surface area contributed by atoms with E-state index in [1.807, 2.05) is 49.4 Å². The molecule has 8 nitrogen and oxygen atoms in total. The second-order valence-electron chi connectivity index (χ2n) is 8.93. The molecule has 0 spiro atoms. The molecule has 0 aliphatic carbocycles. The predicted octanol–water partition coefficient (Wildman–Crippen LogP) is 2.57. The lowest BCUT2D eigenvalue weighted by Gasteiger charge is -2.17. The van der Waals surface area contributed by atoms with E-state index in [0.717, 1.165) is 21.9 Å². The van der Waals surface area contributed by atoms with Crippen LogP contribution in [0.1, 0.15) is 30.9 Å². The number of amides is 3. The fraction of sp³-hybridized carbons (Fsp3) is 0.321. The highest BCUT2D eigenvalue weighted by atomic mass is 16.6. The lowest BCUT2D eigenvalue weighted by atomic mass is 10.1. The molecule has 1 saturated heterocycles. The topological polar surface area (TPSA) is 120 Å². The van der Waals surface area contributed by atoms with Crippen LogP contribution >= 0.6 is 0 Å². The quantitative estimate of drug-likeness (QED) is 0.309. The Morgan fingerprint density at radius 2 is 1.58 bits per heavy atom. The van der Waals surface area contributed by atoms with Gasteiger partial charge in [0.15, 0.2) is 12.2 Å². The van der Waals surface area contributed by atoms with Crippen molar-refractivity contribution < 1.29 is 24.2 Å². The number of benzene rings is 3. The van der Waals surface area contributed by atoms with Gasteiger partial charge in [0.1, 0.15) is 11.8 Å². The normalized spacial score (nSPS) is 17.2. The lowest BCUT2D eigenvalue weighted by molar-refractivity contribution is -0.129. The third-order valence-electron chi connectivity index (χ3n) is 6.15. The second kappa shape index (κ2) is 11.7. The van der Waals surface area contributed by atoms with Crippen LogP contribution in [-0.4, -0.2) is 47.6 Å². The summed E-state index contributed by atoms with van der Waals surface area (Å²) >= 11 is 0. The molecule has 4 rings (SSSR count). The fourth-order valence-corrected chi connectivity index (χ4v) is 4.08. The zero-order valence-electron chi connectivity index (χ0n) is 20.2. The van der Waals surface area contributed by atoms with Crippen LogP contribution in [0.5, 0.6) is 5.75 Å². The molecule has 1 aliphatic rings. The Balaban J connectivity index is 1.23. The number of hydrogen-bond acceptors (Lipinski definition) is 5. The molecule has 0 radical (unpaired) electrons. The first-order valence-electron chi connectivity index (χ1n) is 12.2. The van der Waals surface area contributed by atoms with Crippen molar-refractivity contribution in [1.82, 2.24) is 16.0 Å². The van der Waals surface area contributed by atoms with E-state index in [0.29, 0.717) is 32.4 Å². The molecule has 1 aliphatic heterocycles. The summed E-state index contributed by atoms with van der Waals surface area (Å²) in [4.78, 5) is 37.8. The molecule has 0 saturated carbocycles. The molecule has 1 fully saturated rings. The molecule has 8 heteroatoms. The van der Waals surface area contributed by atoms with Crippen molar-refractivity contribution in [1.29, 1.82) is 0 Å². The molecule has 3 atom stereocenters. The smallest absolute Gasteiger partial charge is 0.253 e. The van der Waals surface area contributed by atoms with Crippen LogP contribution in [0.25, 0.3) is 10.8 Å². The first kappa shape index (κ1) is 25.2. The minimum atomic E-state index is -0.897. The zero-order valence-corrected chi connectivity index (χ0v) is 20.2. The van der Waals surface area contributed by atoms with Crippen molar-refractivity contribution >= 4 is 28.5 Å². The molecule has 0 bridgehead atoms. The number of carbonyl (C=O) groups is 3. The number of fused-ring (bicyclic) bond motifs is 1. The van der Waals surface area contributed by atoms with Gasteiger partial charge in [0.05, 0.1) is 0 Å². The molecule has 3 aromatic carbocycles. The summed E-state index contributed by atoms with van der Waals surface area (Å²) in [6.07, 6.45) is 0.0250. The molecule has 36 heavy (non-hydrogen) atoms. The van der Waals surface area contributed by atoms with Gasteiger partial charge in [0.25, 0.3) is 11.8 Å². The SMILES string of the molecule is CCCC(NC(=O)C1O[C@H]1C(=O)NCCc1ccc(O)cc1)C(=O)NCc1ccc2ccccc2c1. The number of ether oxygens (including phenoxy) is 1. The molecule has 0 aromatic heterocycles. The van der Waals surface area contributed by atoms with E-state index >= 15 is 0 Å². The van der Waals surface area contributed by atoms with E-state index in [2.05, 4.69) is 16.0 Å². The standard InChI is InChI=1S/C28H31N3O5/c1-2-5-23(26(33)30-17-19-8-11-20-6-3-4-7-21(20)16-19)31-28(35)25-24(36-25)27(34)29-15-14-18-9-12-22(32)13-10-18/h3-4,6-13,16,23-25,32H,2,5,14-15,17H2,1H3,(H,29,34)(H,30,33)(H,31,35)/t23?,24-,25?/m1/s1. The van der Waals surface area contributed by atoms with Crippen molar-refractivity contribution in [2.75, 3.05) is 6.54 Å². The number of epoxide rings is 1. The van der Waals surface area contributed by atoms with Gasteiger partial charge < -0.3 is 25.8 Å². The van der Waals surface area contributed by atoms with Crippen LogP contribution in [-0.2, 0) is 32.1 Å². The summed E-state index contributed by atoms with van der Waals surface area (Å²) in [5.41, 5.74) is 1.94. The van der Waals surface area contributed by atoms with Crippen LogP contribution in [0.2, 0.25) is 0 Å². The van der Waals surface area contributed by atoms with Gasteiger partial charge in [-0.1, -0.05) is 61.9 Å². The fourth-order valence-electron chi connectivity index (χ4n) is 4.08. The maximum atomic E-state index is 12.8. The Hall–Kier alpha value is -3.91. The summed E-state index contributed by atoms with van der Waals surface area (Å²) in [6.45, 7) is 2.67. The van der Waals surface area contributed by atoms with Gasteiger partial charge in [-0.15, -0.1) is 0 Å². The largest absolute Gasteiger partial charge is 0.508 e. The lowest BCUT2D eigenvalue weighted by Crippen LogP contribution is -2.48. The van der Waals surface area contributed by atoms with Crippen molar-refractivity contribution in [2.45, 2.75) is 51.0 Å². The van der Waals surface area contributed by atoms with Gasteiger partial charge >= 0.3 is 0 Å².